The van der Waals surface area contributed by atoms with Crippen LogP contribution in [-0.4, -0.2) is 18.5 Å². The molecule has 1 aromatic heterocycles. The van der Waals surface area contributed by atoms with Crippen LogP contribution in [0, 0.1) is 13.8 Å². The molecule has 0 aliphatic heterocycles. The lowest BCUT2D eigenvalue weighted by Gasteiger charge is -2.06. The minimum atomic E-state index is -0.488. The molecule has 21 heavy (non-hydrogen) atoms. The summed E-state index contributed by atoms with van der Waals surface area (Å²) in [5.74, 6) is -0.895. The molecule has 0 unspecified atom stereocenters. The van der Waals surface area contributed by atoms with Gasteiger partial charge in [-0.3, -0.25) is 4.79 Å². The molecule has 0 bridgehead atoms. The number of thiophene rings is 1. The number of rotatable bonds is 4. The maximum absolute atomic E-state index is 11.9. The zero-order valence-electron chi connectivity index (χ0n) is 11.6. The summed E-state index contributed by atoms with van der Waals surface area (Å²) in [5.41, 5.74) is 1.07. The number of esters is 1. The van der Waals surface area contributed by atoms with Crippen molar-refractivity contribution in [2.24, 2.45) is 0 Å². The van der Waals surface area contributed by atoms with Crippen molar-refractivity contribution in [1.29, 1.82) is 0 Å². The molecule has 0 saturated carbocycles. The Labute approximate surface area is 131 Å². The molecule has 2 rings (SSSR count). The molecule has 0 aliphatic carbocycles. The second-order valence-electron chi connectivity index (χ2n) is 4.46. The number of carbonyl (C=O) groups is 2. The largest absolute Gasteiger partial charge is 0.452 e. The first-order chi connectivity index (χ1) is 9.95. The summed E-state index contributed by atoms with van der Waals surface area (Å²) in [6.45, 7) is 3.43. The minimum absolute atomic E-state index is 0.334. The highest BCUT2D eigenvalue weighted by molar-refractivity contribution is 7.12. The molecule has 110 valence electrons. The Morgan fingerprint density at radius 2 is 2.05 bits per heavy atom. The van der Waals surface area contributed by atoms with Crippen molar-refractivity contribution in [3.05, 3.63) is 50.7 Å². The van der Waals surface area contributed by atoms with E-state index in [2.05, 4.69) is 5.32 Å². The van der Waals surface area contributed by atoms with Gasteiger partial charge in [0.1, 0.15) is 0 Å². The molecule has 0 radical (unpaired) electrons. The molecule has 0 spiro atoms. The van der Waals surface area contributed by atoms with Gasteiger partial charge < -0.3 is 10.1 Å². The molecule has 0 aliphatic rings. The summed E-state index contributed by atoms with van der Waals surface area (Å²) >= 11 is 7.34. The summed E-state index contributed by atoms with van der Waals surface area (Å²) in [6, 6.07) is 8.52. The van der Waals surface area contributed by atoms with E-state index in [0.29, 0.717) is 16.3 Å². The molecule has 1 N–H and O–H groups in total. The molecular weight excluding hydrogens is 310 g/mol. The lowest BCUT2D eigenvalue weighted by molar-refractivity contribution is -0.119. The SMILES string of the molecule is Cc1cc(C(=O)OCC(=O)Nc2cccc(Cl)c2)c(C)s1. The molecule has 2 aromatic rings. The third-order valence-electron chi connectivity index (χ3n) is 2.70. The normalized spacial score (nSPS) is 10.2. The molecule has 0 fully saturated rings. The quantitative estimate of drug-likeness (QED) is 0.870. The molecular formula is C15H14ClNO3S. The first kappa shape index (κ1) is 15.5. The summed E-state index contributed by atoms with van der Waals surface area (Å²) in [5, 5.41) is 3.13. The molecule has 1 amide bonds. The van der Waals surface area contributed by atoms with Gasteiger partial charge in [0.25, 0.3) is 5.91 Å². The predicted molar refractivity (Wildman–Crippen MR) is 84.2 cm³/mol. The number of hydrogen-bond donors (Lipinski definition) is 1. The summed E-state index contributed by atoms with van der Waals surface area (Å²) in [7, 11) is 0. The van der Waals surface area contributed by atoms with E-state index in [1.807, 2.05) is 13.8 Å². The smallest absolute Gasteiger partial charge is 0.339 e. The van der Waals surface area contributed by atoms with Crippen molar-refractivity contribution < 1.29 is 14.3 Å². The third kappa shape index (κ3) is 4.31. The predicted octanol–water partition coefficient (Wildman–Crippen LogP) is 3.81. The number of nitrogens with one attached hydrogen (secondary N) is 1. The van der Waals surface area contributed by atoms with Crippen molar-refractivity contribution in [1.82, 2.24) is 0 Å². The average Bonchev–Trinajstić information content (AvgIpc) is 2.75. The second-order valence-corrected chi connectivity index (χ2v) is 6.36. The second kappa shape index (κ2) is 6.74. The van der Waals surface area contributed by atoms with E-state index in [0.717, 1.165) is 9.75 Å². The summed E-state index contributed by atoms with van der Waals surface area (Å²) in [6.07, 6.45) is 0. The highest BCUT2D eigenvalue weighted by Gasteiger charge is 2.15. The lowest BCUT2D eigenvalue weighted by atomic mass is 10.2. The topological polar surface area (TPSA) is 55.4 Å². The Morgan fingerprint density at radius 3 is 2.67 bits per heavy atom. The van der Waals surface area contributed by atoms with Crippen LogP contribution in [0.4, 0.5) is 5.69 Å². The number of aryl methyl sites for hydroxylation is 2. The minimum Gasteiger partial charge on any atom is -0.452 e. The lowest BCUT2D eigenvalue weighted by Crippen LogP contribution is -2.21. The molecule has 6 heteroatoms. The van der Waals surface area contributed by atoms with Crippen molar-refractivity contribution in [3.63, 3.8) is 0 Å². The van der Waals surface area contributed by atoms with Crippen LogP contribution in [0.1, 0.15) is 20.1 Å². The van der Waals surface area contributed by atoms with E-state index in [-0.39, 0.29) is 6.61 Å². The Balaban J connectivity index is 1.89. The van der Waals surface area contributed by atoms with Crippen LogP contribution in [0.25, 0.3) is 0 Å². The first-order valence-corrected chi connectivity index (χ1v) is 7.45. The fourth-order valence-corrected chi connectivity index (χ4v) is 2.91. The Hall–Kier alpha value is -1.85. The number of ether oxygens (including phenoxy) is 1. The van der Waals surface area contributed by atoms with Gasteiger partial charge in [-0.2, -0.15) is 0 Å². The van der Waals surface area contributed by atoms with Crippen LogP contribution >= 0.6 is 22.9 Å². The number of amides is 1. The van der Waals surface area contributed by atoms with Crippen LogP contribution < -0.4 is 5.32 Å². The number of carbonyl (C=O) groups excluding carboxylic acids is 2. The van der Waals surface area contributed by atoms with Gasteiger partial charge in [-0.25, -0.2) is 4.79 Å². The highest BCUT2D eigenvalue weighted by Crippen LogP contribution is 2.21. The zero-order valence-corrected chi connectivity index (χ0v) is 13.2. The van der Waals surface area contributed by atoms with Crippen LogP contribution in [-0.2, 0) is 9.53 Å². The summed E-state index contributed by atoms with van der Waals surface area (Å²) < 4.78 is 5.01. The number of anilines is 1. The van der Waals surface area contributed by atoms with Gasteiger partial charge in [-0.05, 0) is 38.1 Å². The molecule has 1 aromatic carbocycles. The molecule has 0 atom stereocenters. The van der Waals surface area contributed by atoms with Gasteiger partial charge in [0.05, 0.1) is 5.56 Å². The van der Waals surface area contributed by atoms with Gasteiger partial charge in [0.15, 0.2) is 6.61 Å². The first-order valence-electron chi connectivity index (χ1n) is 6.25. The number of benzene rings is 1. The Bertz CT molecular complexity index is 681. The van der Waals surface area contributed by atoms with Crippen molar-refractivity contribution in [3.8, 4) is 0 Å². The van der Waals surface area contributed by atoms with E-state index < -0.39 is 11.9 Å². The Morgan fingerprint density at radius 1 is 1.29 bits per heavy atom. The van der Waals surface area contributed by atoms with Gasteiger partial charge >= 0.3 is 5.97 Å². The van der Waals surface area contributed by atoms with E-state index in [1.54, 1.807) is 30.3 Å². The van der Waals surface area contributed by atoms with Crippen molar-refractivity contribution >= 4 is 40.5 Å². The van der Waals surface area contributed by atoms with Crippen molar-refractivity contribution in [2.75, 3.05) is 11.9 Å². The van der Waals surface area contributed by atoms with Crippen LogP contribution in [0.5, 0.6) is 0 Å². The van der Waals surface area contributed by atoms with Gasteiger partial charge in [0, 0.05) is 20.5 Å². The fraction of sp³-hybridized carbons (Fsp3) is 0.200. The van der Waals surface area contributed by atoms with Gasteiger partial charge in [-0.15, -0.1) is 11.3 Å². The van der Waals surface area contributed by atoms with Gasteiger partial charge in [0.2, 0.25) is 0 Å². The number of hydrogen-bond acceptors (Lipinski definition) is 4. The number of halogens is 1. The molecule has 0 saturated heterocycles. The van der Waals surface area contributed by atoms with E-state index in [1.165, 1.54) is 11.3 Å². The maximum atomic E-state index is 11.9. The van der Waals surface area contributed by atoms with E-state index in [9.17, 15) is 9.59 Å². The highest BCUT2D eigenvalue weighted by atomic mass is 35.5. The fourth-order valence-electron chi connectivity index (χ4n) is 1.81. The standard InChI is InChI=1S/C15H14ClNO3S/c1-9-6-13(10(2)21-9)15(19)20-8-14(18)17-12-5-3-4-11(16)7-12/h3-7H,8H2,1-2H3,(H,17,18). The molecule has 1 heterocycles. The maximum Gasteiger partial charge on any atom is 0.339 e. The van der Waals surface area contributed by atoms with E-state index >= 15 is 0 Å². The van der Waals surface area contributed by atoms with Crippen LogP contribution in [0.15, 0.2) is 30.3 Å². The zero-order chi connectivity index (χ0) is 15.4. The monoisotopic (exact) mass is 323 g/mol. The van der Waals surface area contributed by atoms with E-state index in [4.69, 9.17) is 16.3 Å². The van der Waals surface area contributed by atoms with Gasteiger partial charge in [-0.1, -0.05) is 17.7 Å². The average molecular weight is 324 g/mol. The molecule has 4 nitrogen and oxygen atoms in total. The van der Waals surface area contributed by atoms with Crippen LogP contribution in [0.2, 0.25) is 5.02 Å². The Kier molecular flexibility index (Phi) is 4.98. The summed E-state index contributed by atoms with van der Waals surface area (Å²) in [4.78, 5) is 25.5. The van der Waals surface area contributed by atoms with Crippen molar-refractivity contribution in [2.45, 2.75) is 13.8 Å². The van der Waals surface area contributed by atoms with Crippen LogP contribution in [0.3, 0.4) is 0 Å². The third-order valence-corrected chi connectivity index (χ3v) is 3.90.